The van der Waals surface area contributed by atoms with Gasteiger partial charge in [0.25, 0.3) is 0 Å². The van der Waals surface area contributed by atoms with E-state index in [4.69, 9.17) is 44.2 Å². The zero-order chi connectivity index (χ0) is 92.8. The molecule has 0 saturated carbocycles. The minimum absolute atomic E-state index is 0.0535. The number of halogens is 2. The number of nitrogens with zero attached hydrogens (tertiary/aromatic N) is 12. The number of Topliss-reactive ketones (excluding diaryl/α,β-unsaturated/α-hetero) is 4. The second-order valence-electron chi connectivity index (χ2n) is 32.8. The molecule has 8 heterocycles. The molecule has 16 rings (SSSR count). The number of para-hydroxylation sites is 1. The zero-order valence-corrected chi connectivity index (χ0v) is 76.1. The van der Waals surface area contributed by atoms with Crippen LogP contribution in [0.1, 0.15) is 144 Å². The van der Waals surface area contributed by atoms with Gasteiger partial charge in [0.15, 0.2) is 28.2 Å². The van der Waals surface area contributed by atoms with Crippen molar-refractivity contribution in [2.45, 2.75) is 120 Å². The number of piperidine rings is 4. The fraction of sp³-hybridized carbons (Fsp3) is 0.296. The van der Waals surface area contributed by atoms with E-state index in [0.29, 0.717) is 129 Å². The number of nitrogens with one attached hydrogen (secondary N) is 1. The number of rotatable bonds is 27. The number of sulfonamides is 3. The molecule has 0 spiro atoms. The van der Waals surface area contributed by atoms with Gasteiger partial charge in [0.2, 0.25) is 30.1 Å². The Morgan fingerprint density at radius 3 is 0.954 bits per heavy atom. The SMILES string of the molecule is Cc1ccccc1S(=O)(=O)N1CCC(Cc2ncc(C(=O)CO)cn2)(c2ccccc2)CC1.O=C(CO)c1cnc(CC2(c3ccccc3)CCN(C(=S)Nc3ccccc3)CC2)nc1.O=C(CO)c1cnc(CC2(c3ccccc3)CCN(S(=O)(=O)c3ccc(Cl)cc3)CC2)nc1.O=C(CO)c1cnc(CC2(c3ccccc3)CCN(S(=O)(=O)c3cccc(F)c3)CC2)nc1. The molecule has 4 fully saturated rings. The van der Waals surface area contributed by atoms with Crippen LogP contribution in [-0.2, 0) is 77.4 Å². The third-order valence-corrected chi connectivity index (χ3v) is 31.4. The van der Waals surface area contributed by atoms with E-state index in [1.807, 2.05) is 134 Å². The molecule has 4 aliphatic rings. The maximum absolute atomic E-state index is 13.6. The van der Waals surface area contributed by atoms with Crippen LogP contribution in [0.25, 0.3) is 0 Å². The van der Waals surface area contributed by atoms with Crippen molar-refractivity contribution in [1.29, 1.82) is 0 Å². The Bertz CT molecular complexity index is 6240. The molecule has 0 amide bonds. The van der Waals surface area contributed by atoms with Gasteiger partial charge in [-0.25, -0.2) is 69.5 Å². The van der Waals surface area contributed by atoms with E-state index in [1.54, 1.807) is 28.6 Å². The molecule has 0 atom stereocenters. The highest BCUT2D eigenvalue weighted by Crippen LogP contribution is 2.44. The van der Waals surface area contributed by atoms with E-state index in [9.17, 15) is 48.8 Å². The molecule has 0 unspecified atom stereocenters. The molecule has 27 nitrogen and oxygen atoms in total. The number of anilines is 1. The van der Waals surface area contributed by atoms with E-state index < -0.39 is 85.1 Å². The van der Waals surface area contributed by atoms with Crippen LogP contribution in [-0.4, -0.2) is 210 Å². The summed E-state index contributed by atoms with van der Waals surface area (Å²) in [5.41, 5.74) is 6.23. The number of hydrogen-bond acceptors (Lipinski definition) is 23. The third kappa shape index (κ3) is 23.8. The first-order valence-corrected chi connectivity index (χ1v) is 47.9. The number of benzene rings is 8. The van der Waals surface area contributed by atoms with Crippen LogP contribution in [0.2, 0.25) is 5.02 Å². The minimum atomic E-state index is -3.81. The van der Waals surface area contributed by atoms with Gasteiger partial charge >= 0.3 is 0 Å². The Kier molecular flexibility index (Phi) is 32.5. The van der Waals surface area contributed by atoms with Crippen molar-refractivity contribution < 1.29 is 69.2 Å². The first kappa shape index (κ1) is 96.8. The number of aliphatic hydroxyl groups is 4. The molecular formula is C98H101ClFN13O14S4. The van der Waals surface area contributed by atoms with Gasteiger partial charge in [0.1, 0.15) is 55.5 Å². The summed E-state index contributed by atoms with van der Waals surface area (Å²) in [6.45, 7) is 3.22. The number of ketones is 4. The topological polar surface area (TPSA) is 380 Å². The molecular weight excluding hydrogens is 1770 g/mol. The lowest BCUT2D eigenvalue weighted by Crippen LogP contribution is -2.47. The standard InChI is InChI=1S/C25H26N4O2S.C25H27N3O4S.C24H24ClN3O4S.C24H24FN3O4S/c30-18-22(31)19-16-26-23(27-17-19)15-25(20-7-3-1-4-8-20)11-13-29(14-12-25)24(32)28-21-9-5-2-6-10-21;1-19-7-5-6-10-23(19)33(31,32)28-13-11-25(12-14-28,21-8-3-2-4-9-21)15-24-26-16-20(17-27-24)22(30)18-29;25-20-6-8-21(9-7-20)33(31,32)28-12-10-24(11-13-28,19-4-2-1-3-5-19)14-23-26-15-18(16-27-23)22(30)17-29;25-20-7-4-8-21(13-20)33(31,32)28-11-9-24(10-12-28,19-5-2-1-3-6-19)14-23-26-15-18(16-27-23)22(30)17-29/h1-10,16-17,30H,11-15,18H2,(H,28,32);2-10,16-17,29H,11-15,18H2,1H3;1-9,15-16,29H,10-14,17H2;1-8,13,15-16,29H,9-12,14,17H2. The summed E-state index contributed by atoms with van der Waals surface area (Å²) >= 11 is 11.6. The summed E-state index contributed by atoms with van der Waals surface area (Å²) in [5, 5.41) is 40.7. The Labute approximate surface area is 772 Å². The van der Waals surface area contributed by atoms with Crippen molar-refractivity contribution in [1.82, 2.24) is 57.7 Å². The molecule has 5 N–H and O–H groups in total. The fourth-order valence-electron chi connectivity index (χ4n) is 17.2. The molecule has 4 aromatic heterocycles. The predicted molar refractivity (Wildman–Crippen MR) is 498 cm³/mol. The fourth-order valence-corrected chi connectivity index (χ4v) is 22.2. The van der Waals surface area contributed by atoms with E-state index in [2.05, 4.69) is 86.5 Å². The van der Waals surface area contributed by atoms with Crippen LogP contribution >= 0.6 is 23.8 Å². The van der Waals surface area contributed by atoms with Crippen LogP contribution in [0.3, 0.4) is 0 Å². The van der Waals surface area contributed by atoms with Crippen LogP contribution in [0.4, 0.5) is 10.1 Å². The number of aromatic nitrogens is 8. The molecule has 4 saturated heterocycles. The number of aryl methyl sites for hydroxylation is 1. The van der Waals surface area contributed by atoms with Gasteiger partial charge < -0.3 is 30.6 Å². The molecule has 680 valence electrons. The summed E-state index contributed by atoms with van der Waals surface area (Å²) in [6, 6.07) is 68.7. The molecule has 4 aliphatic heterocycles. The number of carbonyl (C=O) groups is 4. The molecule has 12 aromatic rings. The highest BCUT2D eigenvalue weighted by molar-refractivity contribution is 7.89. The van der Waals surface area contributed by atoms with Gasteiger partial charge in [-0.05, 0) is 159 Å². The maximum atomic E-state index is 13.6. The Morgan fingerprint density at radius 1 is 0.366 bits per heavy atom. The lowest BCUT2D eigenvalue weighted by Gasteiger charge is -2.43. The Morgan fingerprint density at radius 2 is 0.649 bits per heavy atom. The van der Waals surface area contributed by atoms with Crippen molar-refractivity contribution in [3.8, 4) is 0 Å². The maximum Gasteiger partial charge on any atom is 0.243 e. The lowest BCUT2D eigenvalue weighted by atomic mass is 9.70. The normalized spacial score (nSPS) is 16.1. The summed E-state index contributed by atoms with van der Waals surface area (Å²) < 4.78 is 97.1. The smallest absolute Gasteiger partial charge is 0.243 e. The van der Waals surface area contributed by atoms with Crippen LogP contribution in [0.5, 0.6) is 0 Å². The average Bonchev–Trinajstić information content (AvgIpc) is 0.778. The van der Waals surface area contributed by atoms with E-state index in [-0.39, 0.29) is 61.6 Å². The number of carbonyl (C=O) groups excluding carboxylic acids is 4. The lowest BCUT2D eigenvalue weighted by molar-refractivity contribution is 0.0897. The Balaban J connectivity index is 0.000000149. The van der Waals surface area contributed by atoms with Gasteiger partial charge in [0, 0.05) is 160 Å². The minimum Gasteiger partial charge on any atom is -0.388 e. The highest BCUT2D eigenvalue weighted by atomic mass is 35.5. The van der Waals surface area contributed by atoms with Crippen molar-refractivity contribution in [2.75, 3.05) is 84.1 Å². The Hall–Kier alpha value is -11.8. The van der Waals surface area contributed by atoms with Crippen molar-refractivity contribution in [3.63, 3.8) is 0 Å². The largest absolute Gasteiger partial charge is 0.388 e. The first-order chi connectivity index (χ1) is 63.1. The van der Waals surface area contributed by atoms with Gasteiger partial charge in [-0.15, -0.1) is 0 Å². The van der Waals surface area contributed by atoms with Crippen molar-refractivity contribution >= 4 is 87.8 Å². The van der Waals surface area contributed by atoms with Crippen molar-refractivity contribution in [2.24, 2.45) is 0 Å². The van der Waals surface area contributed by atoms with Crippen molar-refractivity contribution in [3.05, 3.63) is 358 Å². The summed E-state index contributed by atoms with van der Waals surface area (Å²) in [6.07, 6.45) is 19.1. The number of thiocarbonyl (C=S) groups is 1. The zero-order valence-electron chi connectivity index (χ0n) is 72.1. The van der Waals surface area contributed by atoms with Crippen LogP contribution in [0.15, 0.2) is 289 Å². The second-order valence-corrected chi connectivity index (χ2v) is 39.4. The highest BCUT2D eigenvalue weighted by Gasteiger charge is 2.45. The first-order valence-electron chi connectivity index (χ1n) is 42.8. The number of hydrogen-bond donors (Lipinski definition) is 5. The molecule has 33 heteroatoms. The molecule has 8 aromatic carbocycles. The van der Waals surface area contributed by atoms with E-state index in [0.717, 1.165) is 65.1 Å². The second kappa shape index (κ2) is 44.0. The summed E-state index contributed by atoms with van der Waals surface area (Å²) in [7, 11) is -11.0. The number of likely N-dealkylation sites (tertiary alicyclic amines) is 1. The van der Waals surface area contributed by atoms with Crippen LogP contribution < -0.4 is 5.32 Å². The summed E-state index contributed by atoms with van der Waals surface area (Å²) in [5.74, 6) is 0.126. The molecule has 0 aliphatic carbocycles. The summed E-state index contributed by atoms with van der Waals surface area (Å²) in [4.78, 5) is 84.3. The number of aliphatic hydroxyl groups excluding tert-OH is 4. The molecule has 131 heavy (non-hydrogen) atoms. The van der Waals surface area contributed by atoms with Gasteiger partial charge in [-0.3, -0.25) is 19.2 Å². The third-order valence-electron chi connectivity index (χ3n) is 24.9. The average molecular weight is 1870 g/mol. The van der Waals surface area contributed by atoms with E-state index in [1.165, 1.54) is 94.1 Å². The van der Waals surface area contributed by atoms with Gasteiger partial charge in [-0.1, -0.05) is 175 Å². The monoisotopic (exact) mass is 1870 g/mol. The van der Waals surface area contributed by atoms with Gasteiger partial charge in [0.05, 0.1) is 36.9 Å². The predicted octanol–water partition coefficient (Wildman–Crippen LogP) is 12.6. The quantitative estimate of drug-likeness (QED) is 0.0236. The van der Waals surface area contributed by atoms with Gasteiger partial charge in [-0.2, -0.15) is 12.9 Å². The van der Waals surface area contributed by atoms with Crippen LogP contribution in [0, 0.1) is 12.7 Å². The molecule has 0 radical (unpaired) electrons. The molecule has 0 bridgehead atoms. The van der Waals surface area contributed by atoms with E-state index >= 15 is 0 Å².